The topological polar surface area (TPSA) is 104 Å². The molecule has 8 nitrogen and oxygen atoms in total. The van der Waals surface area contributed by atoms with Crippen LogP contribution in [0, 0.1) is 0 Å². The lowest BCUT2D eigenvalue weighted by atomic mass is 10.0. The highest BCUT2D eigenvalue weighted by atomic mass is 35.5. The Bertz CT molecular complexity index is 1430. The average molecular weight is 554 g/mol. The van der Waals surface area contributed by atoms with Crippen LogP contribution < -0.4 is 5.32 Å². The van der Waals surface area contributed by atoms with Gasteiger partial charge in [0.2, 0.25) is 11.8 Å². The molecule has 198 valence electrons. The summed E-state index contributed by atoms with van der Waals surface area (Å²) in [6.07, 6.45) is 0.907. The van der Waals surface area contributed by atoms with Crippen LogP contribution in [0.5, 0.6) is 0 Å². The zero-order valence-electron chi connectivity index (χ0n) is 20.8. The number of sulfonamides is 1. The number of nitrogens with one attached hydrogen (secondary N) is 1. The summed E-state index contributed by atoms with van der Waals surface area (Å²) in [5, 5.41) is 3.38. The number of benzene rings is 3. The summed E-state index contributed by atoms with van der Waals surface area (Å²) >= 11 is 6.04. The maximum absolute atomic E-state index is 13.8. The fourth-order valence-electron chi connectivity index (χ4n) is 4.31. The van der Waals surface area contributed by atoms with E-state index in [2.05, 4.69) is 5.32 Å². The lowest BCUT2D eigenvalue weighted by Crippen LogP contribution is -2.53. The molecule has 0 saturated carbocycles. The molecule has 1 aliphatic heterocycles. The van der Waals surface area contributed by atoms with Crippen molar-refractivity contribution in [2.75, 3.05) is 13.1 Å². The van der Waals surface area contributed by atoms with Crippen LogP contribution in [0.2, 0.25) is 5.02 Å². The van der Waals surface area contributed by atoms with Gasteiger partial charge in [0.05, 0.1) is 5.56 Å². The van der Waals surface area contributed by atoms with Crippen molar-refractivity contribution in [2.24, 2.45) is 0 Å². The van der Waals surface area contributed by atoms with Crippen LogP contribution in [0.4, 0.5) is 0 Å². The Morgan fingerprint density at radius 1 is 0.947 bits per heavy atom. The Hall–Kier alpha value is -3.69. The lowest BCUT2D eigenvalue weighted by Gasteiger charge is -2.32. The van der Waals surface area contributed by atoms with Gasteiger partial charge in [-0.2, -0.15) is 0 Å². The second kappa shape index (κ2) is 11.8. The molecule has 3 amide bonds. The van der Waals surface area contributed by atoms with Crippen molar-refractivity contribution < 1.29 is 22.8 Å². The average Bonchev–Trinajstić information content (AvgIpc) is 3.11. The van der Waals surface area contributed by atoms with Crippen LogP contribution in [-0.2, 0) is 32.6 Å². The predicted molar refractivity (Wildman–Crippen MR) is 144 cm³/mol. The fraction of sp³-hybridized carbons (Fsp3) is 0.250. The van der Waals surface area contributed by atoms with E-state index >= 15 is 0 Å². The van der Waals surface area contributed by atoms with Gasteiger partial charge >= 0.3 is 0 Å². The van der Waals surface area contributed by atoms with Crippen molar-refractivity contribution in [2.45, 2.75) is 37.2 Å². The number of fused-ring (bicyclic) bond motifs is 1. The minimum Gasteiger partial charge on any atom is -0.354 e. The molecule has 0 fully saturated rings. The maximum atomic E-state index is 13.8. The minimum atomic E-state index is -4.20. The van der Waals surface area contributed by atoms with E-state index in [0.29, 0.717) is 27.9 Å². The summed E-state index contributed by atoms with van der Waals surface area (Å²) in [5.74, 6) is -1.80. The Kier molecular flexibility index (Phi) is 8.48. The zero-order chi connectivity index (χ0) is 27.3. The first-order valence-electron chi connectivity index (χ1n) is 12.2. The summed E-state index contributed by atoms with van der Waals surface area (Å²) < 4.78 is 26.8. The molecular formula is C28H28ClN3O5S. The van der Waals surface area contributed by atoms with Crippen molar-refractivity contribution in [3.8, 4) is 0 Å². The molecule has 0 radical (unpaired) electrons. The van der Waals surface area contributed by atoms with Gasteiger partial charge in [0.25, 0.3) is 15.9 Å². The Morgan fingerprint density at radius 3 is 2.26 bits per heavy atom. The van der Waals surface area contributed by atoms with Gasteiger partial charge in [0.1, 0.15) is 17.5 Å². The largest absolute Gasteiger partial charge is 0.354 e. The third-order valence-electron chi connectivity index (χ3n) is 6.28. The van der Waals surface area contributed by atoms with Gasteiger partial charge in [-0.1, -0.05) is 73.1 Å². The number of amides is 3. The molecule has 1 atom stereocenters. The van der Waals surface area contributed by atoms with Crippen LogP contribution in [0.1, 0.15) is 34.8 Å². The molecule has 3 aromatic carbocycles. The number of carbonyl (C=O) groups excluding carboxylic acids is 3. The first kappa shape index (κ1) is 27.3. The van der Waals surface area contributed by atoms with Gasteiger partial charge in [0, 0.05) is 24.5 Å². The normalized spacial score (nSPS) is 14.6. The molecule has 3 aromatic rings. The summed E-state index contributed by atoms with van der Waals surface area (Å²) in [6, 6.07) is 21.0. The van der Waals surface area contributed by atoms with Crippen molar-refractivity contribution in [3.05, 3.63) is 101 Å². The van der Waals surface area contributed by atoms with Crippen molar-refractivity contribution in [3.63, 3.8) is 0 Å². The Balaban J connectivity index is 1.70. The zero-order valence-corrected chi connectivity index (χ0v) is 22.4. The molecule has 0 spiro atoms. The molecule has 10 heteroatoms. The fourth-order valence-corrected chi connectivity index (χ4v) is 5.95. The summed E-state index contributed by atoms with van der Waals surface area (Å²) in [4.78, 5) is 41.4. The van der Waals surface area contributed by atoms with E-state index in [1.54, 1.807) is 30.3 Å². The smallest absolute Gasteiger partial charge is 0.269 e. The number of hydrogen-bond donors (Lipinski definition) is 1. The predicted octanol–water partition coefficient (Wildman–Crippen LogP) is 3.65. The van der Waals surface area contributed by atoms with E-state index in [1.807, 2.05) is 37.3 Å². The standard InChI is InChI=1S/C28H28ClN3O5S/c1-2-16-30-27(34)24(17-20-8-4-3-5-9-20)31(18-21-12-14-22(29)15-13-21)26(33)19-32-28(35)23-10-6-7-11-25(23)38(32,36)37/h3-15,24H,2,16-19H2,1H3,(H,30,34). The Morgan fingerprint density at radius 2 is 1.61 bits per heavy atom. The molecule has 0 bridgehead atoms. The summed E-state index contributed by atoms with van der Waals surface area (Å²) in [6.45, 7) is 1.63. The number of rotatable bonds is 10. The lowest BCUT2D eigenvalue weighted by molar-refractivity contribution is -0.141. The highest BCUT2D eigenvalue weighted by Gasteiger charge is 2.43. The number of hydrogen-bond acceptors (Lipinski definition) is 5. The van der Waals surface area contributed by atoms with Gasteiger partial charge in [-0.3, -0.25) is 14.4 Å². The number of halogens is 1. The monoisotopic (exact) mass is 553 g/mol. The van der Waals surface area contributed by atoms with Gasteiger partial charge < -0.3 is 10.2 Å². The van der Waals surface area contributed by atoms with Crippen molar-refractivity contribution in [1.29, 1.82) is 0 Å². The third-order valence-corrected chi connectivity index (χ3v) is 8.32. The molecule has 4 rings (SSSR count). The molecule has 38 heavy (non-hydrogen) atoms. The molecule has 0 aromatic heterocycles. The molecular weight excluding hydrogens is 526 g/mol. The van der Waals surface area contributed by atoms with E-state index < -0.39 is 34.4 Å². The highest BCUT2D eigenvalue weighted by molar-refractivity contribution is 7.90. The summed E-state index contributed by atoms with van der Waals surface area (Å²) in [5.41, 5.74) is 1.55. The van der Waals surface area contributed by atoms with E-state index in [1.165, 1.54) is 23.1 Å². The van der Waals surface area contributed by atoms with E-state index in [9.17, 15) is 22.8 Å². The molecule has 0 aliphatic carbocycles. The van der Waals surface area contributed by atoms with E-state index in [-0.39, 0.29) is 29.3 Å². The van der Waals surface area contributed by atoms with E-state index in [0.717, 1.165) is 5.56 Å². The quantitative estimate of drug-likeness (QED) is 0.413. The maximum Gasteiger partial charge on any atom is 0.269 e. The Labute approximate surface area is 227 Å². The van der Waals surface area contributed by atoms with Gasteiger partial charge in [-0.25, -0.2) is 12.7 Å². The van der Waals surface area contributed by atoms with Crippen molar-refractivity contribution >= 4 is 39.3 Å². The number of nitrogens with zero attached hydrogens (tertiary/aromatic N) is 2. The van der Waals surface area contributed by atoms with Crippen molar-refractivity contribution in [1.82, 2.24) is 14.5 Å². The first-order valence-corrected chi connectivity index (χ1v) is 14.1. The number of carbonyl (C=O) groups is 3. The molecule has 0 saturated heterocycles. The van der Waals surface area contributed by atoms with Crippen LogP contribution >= 0.6 is 11.6 Å². The van der Waals surface area contributed by atoms with Crippen LogP contribution in [0.15, 0.2) is 83.8 Å². The molecule has 1 unspecified atom stereocenters. The second-order valence-corrected chi connectivity index (χ2v) is 11.2. The van der Waals surface area contributed by atoms with Crippen LogP contribution in [-0.4, -0.2) is 54.5 Å². The van der Waals surface area contributed by atoms with E-state index in [4.69, 9.17) is 11.6 Å². The minimum absolute atomic E-state index is 0.0159. The van der Waals surface area contributed by atoms with Gasteiger partial charge in [0.15, 0.2) is 0 Å². The molecule has 1 aliphatic rings. The molecule has 1 heterocycles. The van der Waals surface area contributed by atoms with Crippen LogP contribution in [0.25, 0.3) is 0 Å². The van der Waals surface area contributed by atoms with Crippen LogP contribution in [0.3, 0.4) is 0 Å². The van der Waals surface area contributed by atoms with Gasteiger partial charge in [-0.05, 0) is 41.8 Å². The second-order valence-electron chi connectivity index (χ2n) is 8.96. The first-order chi connectivity index (χ1) is 18.2. The third kappa shape index (κ3) is 5.89. The molecule has 1 N–H and O–H groups in total. The SMILES string of the molecule is CCCNC(=O)C(Cc1ccccc1)N(Cc1ccc(Cl)cc1)C(=O)CN1C(=O)c2ccccc2S1(=O)=O. The summed E-state index contributed by atoms with van der Waals surface area (Å²) in [7, 11) is -4.20. The van der Waals surface area contributed by atoms with Gasteiger partial charge in [-0.15, -0.1) is 0 Å². The highest BCUT2D eigenvalue weighted by Crippen LogP contribution is 2.30.